The lowest BCUT2D eigenvalue weighted by Crippen LogP contribution is -2.22. The summed E-state index contributed by atoms with van der Waals surface area (Å²) in [4.78, 5) is 2.07. The van der Waals surface area contributed by atoms with Gasteiger partial charge < -0.3 is 14.4 Å². The predicted octanol–water partition coefficient (Wildman–Crippen LogP) is 4.92. The Bertz CT molecular complexity index is 830. The monoisotopic (exact) mass is 373 g/mol. The van der Waals surface area contributed by atoms with Gasteiger partial charge in [-0.15, -0.1) is 0 Å². The van der Waals surface area contributed by atoms with Crippen LogP contribution in [0.25, 0.3) is 5.57 Å². The second kappa shape index (κ2) is 8.39. The van der Waals surface area contributed by atoms with Gasteiger partial charge in [0.25, 0.3) is 0 Å². The molecule has 136 valence electrons. The summed E-state index contributed by atoms with van der Waals surface area (Å²) < 4.78 is 24.7. The average Bonchev–Trinajstić information content (AvgIpc) is 2.65. The zero-order valence-corrected chi connectivity index (χ0v) is 15.6. The van der Waals surface area contributed by atoms with Crippen LogP contribution in [0.2, 0.25) is 5.02 Å². The van der Waals surface area contributed by atoms with E-state index >= 15 is 0 Å². The molecular formula is C21H21ClFNO2. The van der Waals surface area contributed by atoms with Gasteiger partial charge in [0.15, 0.2) is 0 Å². The number of hydrogen-bond donors (Lipinski definition) is 0. The highest BCUT2D eigenvalue weighted by atomic mass is 35.5. The number of nitrogens with zero attached hydrogens (tertiary/aromatic N) is 1. The van der Waals surface area contributed by atoms with Gasteiger partial charge in [0.05, 0.1) is 13.7 Å². The predicted molar refractivity (Wildman–Crippen MR) is 103 cm³/mol. The van der Waals surface area contributed by atoms with Gasteiger partial charge in [-0.2, -0.15) is 0 Å². The minimum atomic E-state index is -0.288. The Kier molecular flexibility index (Phi) is 5.96. The van der Waals surface area contributed by atoms with Crippen molar-refractivity contribution in [1.29, 1.82) is 0 Å². The van der Waals surface area contributed by atoms with Crippen LogP contribution in [0, 0.1) is 5.82 Å². The highest BCUT2D eigenvalue weighted by molar-refractivity contribution is 6.30. The second-order valence-corrected chi connectivity index (χ2v) is 6.54. The molecule has 0 unspecified atom stereocenters. The molecule has 0 N–H and O–H groups in total. The Morgan fingerprint density at radius 1 is 1.12 bits per heavy atom. The van der Waals surface area contributed by atoms with E-state index in [1.54, 1.807) is 26.4 Å². The van der Waals surface area contributed by atoms with Crippen molar-refractivity contribution in [2.45, 2.75) is 6.54 Å². The molecule has 5 heteroatoms. The fourth-order valence-electron chi connectivity index (χ4n) is 2.96. The first-order valence-corrected chi connectivity index (χ1v) is 8.71. The van der Waals surface area contributed by atoms with E-state index in [0.29, 0.717) is 30.3 Å². The molecule has 1 heterocycles. The van der Waals surface area contributed by atoms with E-state index in [2.05, 4.69) is 17.2 Å². The Hall–Kier alpha value is -2.30. The molecule has 3 nitrogen and oxygen atoms in total. The van der Waals surface area contributed by atoms with Crippen molar-refractivity contribution in [2.24, 2.45) is 0 Å². The number of rotatable bonds is 6. The molecular weight excluding hydrogens is 353 g/mol. The van der Waals surface area contributed by atoms with E-state index in [1.807, 2.05) is 24.3 Å². The van der Waals surface area contributed by atoms with E-state index in [9.17, 15) is 4.39 Å². The first kappa shape index (κ1) is 18.5. The summed E-state index contributed by atoms with van der Waals surface area (Å²) in [5, 5.41) is 0.404. The van der Waals surface area contributed by atoms with Crippen molar-refractivity contribution >= 4 is 17.2 Å². The van der Waals surface area contributed by atoms with Gasteiger partial charge in [0.2, 0.25) is 0 Å². The Labute approximate surface area is 158 Å². The van der Waals surface area contributed by atoms with Gasteiger partial charge in [-0.05, 0) is 35.4 Å². The fourth-order valence-corrected chi connectivity index (χ4v) is 3.12. The lowest BCUT2D eigenvalue weighted by Gasteiger charge is -2.27. The van der Waals surface area contributed by atoms with Gasteiger partial charge >= 0.3 is 0 Å². The lowest BCUT2D eigenvalue weighted by molar-refractivity contribution is 0.227. The van der Waals surface area contributed by atoms with Crippen LogP contribution in [0.5, 0.6) is 5.75 Å². The molecule has 0 spiro atoms. The summed E-state index contributed by atoms with van der Waals surface area (Å²) in [5.41, 5.74) is 3.86. The summed E-state index contributed by atoms with van der Waals surface area (Å²) in [6, 6.07) is 12.7. The van der Waals surface area contributed by atoms with Crippen LogP contribution in [0.15, 0.2) is 60.3 Å². The smallest absolute Gasteiger partial charge is 0.129 e. The maximum Gasteiger partial charge on any atom is 0.129 e. The van der Waals surface area contributed by atoms with Gasteiger partial charge in [-0.3, -0.25) is 0 Å². The third-order valence-electron chi connectivity index (χ3n) is 4.32. The van der Waals surface area contributed by atoms with Crippen molar-refractivity contribution < 1.29 is 13.9 Å². The lowest BCUT2D eigenvalue weighted by atomic mass is 9.96. The summed E-state index contributed by atoms with van der Waals surface area (Å²) in [5.74, 6) is 0.520. The van der Waals surface area contributed by atoms with Crippen LogP contribution >= 0.6 is 11.6 Å². The SMILES string of the molecule is COCC1=CCN(Cc2ccc(Cl)cc2F)C=C1c1ccc(OC)cc1. The molecule has 0 aromatic heterocycles. The molecule has 0 saturated heterocycles. The molecule has 0 atom stereocenters. The molecule has 26 heavy (non-hydrogen) atoms. The average molecular weight is 374 g/mol. The Balaban J connectivity index is 1.87. The van der Waals surface area contributed by atoms with E-state index < -0.39 is 0 Å². The topological polar surface area (TPSA) is 21.7 Å². The van der Waals surface area contributed by atoms with E-state index in [0.717, 1.165) is 22.5 Å². The standard InChI is InChI=1S/C21H21ClFNO2/c1-25-14-17-9-10-24(12-16-3-6-18(22)11-21(16)23)13-20(17)15-4-7-19(26-2)8-5-15/h3-9,11,13H,10,12,14H2,1-2H3. The highest BCUT2D eigenvalue weighted by Crippen LogP contribution is 2.29. The maximum atomic E-state index is 14.1. The summed E-state index contributed by atoms with van der Waals surface area (Å²) in [6.45, 7) is 1.70. The van der Waals surface area contributed by atoms with Gasteiger partial charge in [-0.1, -0.05) is 35.9 Å². The molecule has 2 aromatic rings. The van der Waals surface area contributed by atoms with Gasteiger partial charge in [-0.25, -0.2) is 4.39 Å². The third kappa shape index (κ3) is 4.26. The van der Waals surface area contributed by atoms with Crippen molar-refractivity contribution in [1.82, 2.24) is 4.90 Å². The van der Waals surface area contributed by atoms with E-state index in [-0.39, 0.29) is 5.82 Å². The number of ether oxygens (including phenoxy) is 2. The third-order valence-corrected chi connectivity index (χ3v) is 4.55. The van der Waals surface area contributed by atoms with Gasteiger partial charge in [0, 0.05) is 42.6 Å². The zero-order valence-electron chi connectivity index (χ0n) is 14.8. The van der Waals surface area contributed by atoms with Crippen LogP contribution in [-0.2, 0) is 11.3 Å². The minimum Gasteiger partial charge on any atom is -0.497 e. The van der Waals surface area contributed by atoms with Crippen molar-refractivity contribution in [3.8, 4) is 5.75 Å². The fraction of sp³-hybridized carbons (Fsp3) is 0.238. The second-order valence-electron chi connectivity index (χ2n) is 6.10. The first-order valence-electron chi connectivity index (χ1n) is 8.33. The molecule has 0 bridgehead atoms. The largest absolute Gasteiger partial charge is 0.497 e. The normalized spacial score (nSPS) is 14.1. The number of methoxy groups -OCH3 is 2. The quantitative estimate of drug-likeness (QED) is 0.717. The molecule has 0 saturated carbocycles. The van der Waals surface area contributed by atoms with Crippen LogP contribution in [0.3, 0.4) is 0 Å². The van der Waals surface area contributed by atoms with Crippen LogP contribution in [0.4, 0.5) is 4.39 Å². The summed E-state index contributed by atoms with van der Waals surface area (Å²) in [6.07, 6.45) is 4.18. The van der Waals surface area contributed by atoms with E-state index in [1.165, 1.54) is 6.07 Å². The number of halogens is 2. The van der Waals surface area contributed by atoms with Crippen LogP contribution in [-0.4, -0.2) is 32.3 Å². The van der Waals surface area contributed by atoms with E-state index in [4.69, 9.17) is 21.1 Å². The molecule has 1 aliphatic heterocycles. The first-order chi connectivity index (χ1) is 12.6. The summed E-state index contributed by atoms with van der Waals surface area (Å²) >= 11 is 5.84. The molecule has 1 aliphatic rings. The molecule has 2 aromatic carbocycles. The zero-order chi connectivity index (χ0) is 18.5. The molecule has 0 fully saturated rings. The molecule has 0 radical (unpaired) electrons. The molecule has 3 rings (SSSR count). The van der Waals surface area contributed by atoms with Crippen molar-refractivity contribution in [3.05, 3.63) is 82.3 Å². The van der Waals surface area contributed by atoms with Crippen LogP contribution in [0.1, 0.15) is 11.1 Å². The number of benzene rings is 2. The van der Waals surface area contributed by atoms with Crippen LogP contribution < -0.4 is 4.74 Å². The Morgan fingerprint density at radius 2 is 1.88 bits per heavy atom. The Morgan fingerprint density at radius 3 is 2.54 bits per heavy atom. The maximum absolute atomic E-state index is 14.1. The minimum absolute atomic E-state index is 0.288. The number of hydrogen-bond acceptors (Lipinski definition) is 3. The molecule has 0 amide bonds. The van der Waals surface area contributed by atoms with Gasteiger partial charge in [0.1, 0.15) is 11.6 Å². The highest BCUT2D eigenvalue weighted by Gasteiger charge is 2.16. The van der Waals surface area contributed by atoms with Crippen molar-refractivity contribution in [2.75, 3.05) is 27.4 Å². The van der Waals surface area contributed by atoms with Crippen molar-refractivity contribution in [3.63, 3.8) is 0 Å². The molecule has 0 aliphatic carbocycles. The summed E-state index contributed by atoms with van der Waals surface area (Å²) in [7, 11) is 3.33.